The van der Waals surface area contributed by atoms with Gasteiger partial charge in [0.15, 0.2) is 11.8 Å². The Kier molecular flexibility index (Phi) is 5.49. The van der Waals surface area contributed by atoms with Crippen LogP contribution < -0.4 is 11.3 Å². The number of alkyl halides is 1. The maximum Gasteiger partial charge on any atom is 0.508 e. The fourth-order valence-corrected chi connectivity index (χ4v) is 3.82. The van der Waals surface area contributed by atoms with Crippen molar-refractivity contribution in [2.24, 2.45) is 5.92 Å². The van der Waals surface area contributed by atoms with Gasteiger partial charge in [0.05, 0.1) is 12.1 Å². The number of rotatable bonds is 6. The number of nitrogens with zero attached hydrogens (tertiary/aromatic N) is 2. The van der Waals surface area contributed by atoms with Gasteiger partial charge in [-0.1, -0.05) is 6.92 Å². The van der Waals surface area contributed by atoms with Gasteiger partial charge in [-0.05, 0) is 24.3 Å². The van der Waals surface area contributed by atoms with Crippen LogP contribution in [0.25, 0.3) is 0 Å². The van der Waals surface area contributed by atoms with E-state index in [1.165, 1.54) is 23.8 Å². The molecule has 2 rings (SSSR count). The Morgan fingerprint density at radius 2 is 2.35 bits per heavy atom. The van der Waals surface area contributed by atoms with E-state index in [9.17, 15) is 18.9 Å². The van der Waals surface area contributed by atoms with E-state index in [0.717, 1.165) is 6.42 Å². The first kappa shape index (κ1) is 18.0. The first-order chi connectivity index (χ1) is 10.8. The van der Waals surface area contributed by atoms with Crippen molar-refractivity contribution in [2.45, 2.75) is 44.5 Å². The lowest BCUT2D eigenvalue weighted by atomic mass is 9.98. The van der Waals surface area contributed by atoms with Crippen molar-refractivity contribution in [3.05, 3.63) is 22.6 Å². The van der Waals surface area contributed by atoms with E-state index in [1.807, 2.05) is 6.92 Å². The van der Waals surface area contributed by atoms with Gasteiger partial charge in [-0.15, -0.1) is 4.52 Å². The number of anilines is 1. The Balaban J connectivity index is 2.16. The maximum absolute atomic E-state index is 15.0. The monoisotopic (exact) mass is 346 g/mol. The van der Waals surface area contributed by atoms with Crippen LogP contribution in [0.15, 0.2) is 17.1 Å². The van der Waals surface area contributed by atoms with Crippen LogP contribution in [0.3, 0.4) is 0 Å². The number of aliphatic hydroxyl groups is 1. The Bertz CT molecular complexity index is 637. The van der Waals surface area contributed by atoms with E-state index in [4.69, 9.17) is 10.3 Å². The molecule has 1 unspecified atom stereocenters. The first-order valence-electron chi connectivity index (χ1n) is 7.56. The molecule has 128 valence electrons. The van der Waals surface area contributed by atoms with E-state index >= 15 is 0 Å². The first-order valence-corrected chi connectivity index (χ1v) is 8.92. The summed E-state index contributed by atoms with van der Waals surface area (Å²) in [5.41, 5.74) is 3.23. The third-order valence-corrected chi connectivity index (χ3v) is 5.49. The molecule has 0 aromatic carbocycles. The van der Waals surface area contributed by atoms with Crippen molar-refractivity contribution in [3.63, 3.8) is 0 Å². The molecule has 1 aliphatic rings. The molecule has 1 aromatic rings. The highest BCUT2D eigenvalue weighted by Gasteiger charge is 2.54. The maximum atomic E-state index is 15.0. The summed E-state index contributed by atoms with van der Waals surface area (Å²) in [5.74, 6) is -0.609. The van der Waals surface area contributed by atoms with Crippen LogP contribution in [-0.4, -0.2) is 39.2 Å². The zero-order chi connectivity index (χ0) is 17.2. The van der Waals surface area contributed by atoms with Gasteiger partial charge in [0, 0.05) is 18.2 Å². The van der Waals surface area contributed by atoms with Crippen LogP contribution in [-0.2, 0) is 9.09 Å². The van der Waals surface area contributed by atoms with Crippen molar-refractivity contribution in [1.29, 1.82) is 0 Å². The summed E-state index contributed by atoms with van der Waals surface area (Å²) < 4.78 is 33.2. The van der Waals surface area contributed by atoms with Crippen LogP contribution in [0.2, 0.25) is 0 Å². The van der Waals surface area contributed by atoms with E-state index < -0.39 is 37.3 Å². The lowest BCUT2D eigenvalue weighted by Crippen LogP contribution is -2.39. The van der Waals surface area contributed by atoms with Gasteiger partial charge in [0.25, 0.3) is 5.56 Å². The third-order valence-electron chi connectivity index (χ3n) is 4.24. The molecular formula is C14H22FN3O4P+. The minimum Gasteiger partial charge on any atom is -0.389 e. The van der Waals surface area contributed by atoms with Crippen LogP contribution in [0.1, 0.15) is 32.7 Å². The fourth-order valence-electron chi connectivity index (χ4n) is 2.97. The second-order valence-electron chi connectivity index (χ2n) is 5.99. The molecular weight excluding hydrogens is 324 g/mol. The zero-order valence-electron chi connectivity index (χ0n) is 13.2. The summed E-state index contributed by atoms with van der Waals surface area (Å²) in [6.07, 6.45) is 1.51. The highest BCUT2D eigenvalue weighted by atomic mass is 31.1. The van der Waals surface area contributed by atoms with Crippen molar-refractivity contribution in [3.8, 4) is 0 Å². The molecule has 0 bridgehead atoms. The molecule has 0 spiro atoms. The molecule has 1 fully saturated rings. The average molecular weight is 346 g/mol. The molecule has 3 N–H and O–H groups in total. The standard InChI is InChI=1S/C14H21FN3O4P/c1-3-6-23(21)22-8-9-7-10(14(2,15)12(9)20)18-5-4-11(19)17-13(18)16/h4-5,9-10,12,20H,3,6-8H2,1-2H3,(H-,16,17,19)/p+1/t9-,10-,12-,14+/m1/s1. The number of nitrogens with two attached hydrogens (primary N) is 1. The number of aliphatic hydroxyl groups excluding tert-OH is 1. The number of halogens is 1. The second-order valence-corrected chi connectivity index (χ2v) is 7.36. The third kappa shape index (κ3) is 3.76. The molecule has 1 heterocycles. The smallest absolute Gasteiger partial charge is 0.389 e. The van der Waals surface area contributed by atoms with E-state index in [2.05, 4.69) is 4.98 Å². The van der Waals surface area contributed by atoms with Gasteiger partial charge < -0.3 is 15.4 Å². The summed E-state index contributed by atoms with van der Waals surface area (Å²) in [4.78, 5) is 14.8. The molecule has 23 heavy (non-hydrogen) atoms. The normalized spacial score (nSPS) is 31.3. The van der Waals surface area contributed by atoms with E-state index in [-0.39, 0.29) is 19.0 Å². The Hall–Kier alpha value is -1.37. The number of hydrogen-bond acceptors (Lipinski definition) is 6. The minimum absolute atomic E-state index is 0.0138. The van der Waals surface area contributed by atoms with Crippen LogP contribution in [0, 0.1) is 5.92 Å². The number of hydrogen-bond donors (Lipinski definition) is 2. The predicted molar refractivity (Wildman–Crippen MR) is 84.3 cm³/mol. The molecule has 0 aliphatic heterocycles. The molecule has 1 aliphatic carbocycles. The average Bonchev–Trinajstić information content (AvgIpc) is 2.69. The van der Waals surface area contributed by atoms with E-state index in [0.29, 0.717) is 6.16 Å². The quantitative estimate of drug-likeness (QED) is 0.758. The van der Waals surface area contributed by atoms with Gasteiger partial charge >= 0.3 is 8.03 Å². The fraction of sp³-hybridized carbons (Fsp3) is 0.714. The molecule has 5 atom stereocenters. The molecule has 7 nitrogen and oxygen atoms in total. The minimum atomic E-state index is -1.96. The van der Waals surface area contributed by atoms with Crippen molar-refractivity contribution in [2.75, 3.05) is 18.5 Å². The molecule has 0 saturated heterocycles. The molecule has 1 saturated carbocycles. The van der Waals surface area contributed by atoms with Gasteiger partial charge in [-0.2, -0.15) is 4.98 Å². The van der Waals surface area contributed by atoms with Crippen LogP contribution in [0.5, 0.6) is 0 Å². The molecule has 1 aromatic heterocycles. The Labute approximate surface area is 134 Å². The Morgan fingerprint density at radius 1 is 1.65 bits per heavy atom. The Morgan fingerprint density at radius 3 is 2.96 bits per heavy atom. The second kappa shape index (κ2) is 7.03. The summed E-state index contributed by atoms with van der Waals surface area (Å²) in [7, 11) is -1.79. The highest BCUT2D eigenvalue weighted by molar-refractivity contribution is 7.39. The summed E-state index contributed by atoms with van der Waals surface area (Å²) in [5, 5.41) is 10.3. The largest absolute Gasteiger partial charge is 0.508 e. The van der Waals surface area contributed by atoms with Crippen molar-refractivity contribution >= 4 is 14.0 Å². The van der Waals surface area contributed by atoms with Gasteiger partial charge in [0.1, 0.15) is 6.61 Å². The topological polar surface area (TPSA) is 107 Å². The number of nitrogen functional groups attached to an aromatic ring is 1. The lowest BCUT2D eigenvalue weighted by Gasteiger charge is -2.28. The SMILES string of the molecule is CCC[P+](=O)OC[C@H]1C[C@@H](n2ccc(=O)nc2N)[C@](C)(F)[C@@H]1O. The summed E-state index contributed by atoms with van der Waals surface area (Å²) in [6.45, 7) is 3.19. The van der Waals surface area contributed by atoms with Crippen LogP contribution in [0.4, 0.5) is 10.3 Å². The molecule has 9 heteroatoms. The van der Waals surface area contributed by atoms with Crippen LogP contribution >= 0.6 is 8.03 Å². The predicted octanol–water partition coefficient (Wildman–Crippen LogP) is 1.64. The lowest BCUT2D eigenvalue weighted by molar-refractivity contribution is -0.0175. The zero-order valence-corrected chi connectivity index (χ0v) is 14.1. The molecule has 0 amide bonds. The van der Waals surface area contributed by atoms with Gasteiger partial charge in [0.2, 0.25) is 5.95 Å². The summed E-state index contributed by atoms with van der Waals surface area (Å²) in [6, 6.07) is 0.420. The van der Waals surface area contributed by atoms with E-state index in [1.54, 1.807) is 0 Å². The van der Waals surface area contributed by atoms with Gasteiger partial charge in [-0.25, -0.2) is 4.39 Å². The van der Waals surface area contributed by atoms with Crippen molar-refractivity contribution < 1.29 is 18.6 Å². The number of aromatic nitrogens is 2. The molecule has 0 radical (unpaired) electrons. The van der Waals surface area contributed by atoms with Crippen molar-refractivity contribution in [1.82, 2.24) is 9.55 Å². The highest BCUT2D eigenvalue weighted by Crippen LogP contribution is 2.47. The summed E-state index contributed by atoms with van der Waals surface area (Å²) >= 11 is 0. The van der Waals surface area contributed by atoms with Gasteiger partial charge in [-0.3, -0.25) is 4.79 Å².